The van der Waals surface area contributed by atoms with Crippen molar-refractivity contribution in [2.24, 2.45) is 0 Å². The molecule has 0 saturated carbocycles. The smallest absolute Gasteiger partial charge is 0.128 e. The molecule has 4 nitrogen and oxygen atoms in total. The molecule has 4 heteroatoms. The Hall–Kier alpha value is -2.93. The number of nitrogens with zero attached hydrogens (tertiary/aromatic N) is 1. The molecule has 2 aromatic carbocycles. The fraction of sp³-hybridized carbons (Fsp3) is 0.211. The summed E-state index contributed by atoms with van der Waals surface area (Å²) in [5, 5.41) is 10.3. The fourth-order valence-corrected chi connectivity index (χ4v) is 2.86. The lowest BCUT2D eigenvalue weighted by atomic mass is 10.0. The standard InChI is InChI=1S/C19H18N2O2/c1-12-4-7-18(23-3)16(10-12)19-14(8-9-20)15-11-13(22-2)5-6-17(15)21-19/h4-7,10-11,21H,8H2,1-3H3. The van der Waals surface area contributed by atoms with Crippen LogP contribution in [0.2, 0.25) is 0 Å². The number of H-pyrrole nitrogens is 1. The van der Waals surface area contributed by atoms with E-state index in [1.165, 1.54) is 0 Å². The number of aryl methyl sites for hydroxylation is 1. The molecule has 0 radical (unpaired) electrons. The van der Waals surface area contributed by atoms with Crippen molar-refractivity contribution in [3.8, 4) is 28.8 Å². The Balaban J connectivity index is 2.31. The molecule has 3 aromatic rings. The van der Waals surface area contributed by atoms with Gasteiger partial charge in [-0.3, -0.25) is 0 Å². The molecule has 0 fully saturated rings. The van der Waals surface area contributed by atoms with Gasteiger partial charge in [0.2, 0.25) is 0 Å². The van der Waals surface area contributed by atoms with Crippen molar-refractivity contribution in [2.45, 2.75) is 13.3 Å². The van der Waals surface area contributed by atoms with Crippen LogP contribution in [-0.4, -0.2) is 19.2 Å². The molecule has 0 spiro atoms. The van der Waals surface area contributed by atoms with E-state index in [9.17, 15) is 5.26 Å². The van der Waals surface area contributed by atoms with Gasteiger partial charge in [-0.15, -0.1) is 0 Å². The maximum absolute atomic E-state index is 9.25. The Labute approximate surface area is 135 Å². The maximum Gasteiger partial charge on any atom is 0.128 e. The average Bonchev–Trinajstić information content (AvgIpc) is 2.93. The lowest BCUT2D eigenvalue weighted by Crippen LogP contribution is -1.92. The number of methoxy groups -OCH3 is 2. The molecular formula is C19H18N2O2. The first-order chi connectivity index (χ1) is 11.2. The van der Waals surface area contributed by atoms with Gasteiger partial charge in [0.05, 0.1) is 32.4 Å². The van der Waals surface area contributed by atoms with Crippen molar-refractivity contribution in [3.05, 3.63) is 47.5 Å². The van der Waals surface area contributed by atoms with Crippen LogP contribution < -0.4 is 9.47 Å². The number of aromatic amines is 1. The molecule has 0 aliphatic heterocycles. The summed E-state index contributed by atoms with van der Waals surface area (Å²) in [6.45, 7) is 2.04. The number of hydrogen-bond donors (Lipinski definition) is 1. The normalized spacial score (nSPS) is 10.5. The van der Waals surface area contributed by atoms with Crippen LogP contribution in [-0.2, 0) is 6.42 Å². The Morgan fingerprint density at radius 3 is 2.61 bits per heavy atom. The van der Waals surface area contributed by atoms with Crippen LogP contribution in [0.4, 0.5) is 0 Å². The number of hydrogen-bond acceptors (Lipinski definition) is 3. The Morgan fingerprint density at radius 1 is 1.09 bits per heavy atom. The number of nitrogens with one attached hydrogen (secondary N) is 1. The monoisotopic (exact) mass is 306 g/mol. The van der Waals surface area contributed by atoms with Gasteiger partial charge in [0.15, 0.2) is 0 Å². The van der Waals surface area contributed by atoms with E-state index in [4.69, 9.17) is 9.47 Å². The van der Waals surface area contributed by atoms with E-state index >= 15 is 0 Å². The van der Waals surface area contributed by atoms with E-state index in [1.807, 2.05) is 37.3 Å². The van der Waals surface area contributed by atoms with Gasteiger partial charge in [-0.25, -0.2) is 0 Å². The summed E-state index contributed by atoms with van der Waals surface area (Å²) in [5.74, 6) is 1.56. The van der Waals surface area contributed by atoms with Crippen LogP contribution >= 0.6 is 0 Å². The third kappa shape index (κ3) is 2.62. The number of nitriles is 1. The molecule has 116 valence electrons. The zero-order chi connectivity index (χ0) is 16.4. The van der Waals surface area contributed by atoms with Gasteiger partial charge in [0, 0.05) is 16.5 Å². The minimum absolute atomic E-state index is 0.319. The highest BCUT2D eigenvalue weighted by molar-refractivity contribution is 5.93. The summed E-state index contributed by atoms with van der Waals surface area (Å²) in [4.78, 5) is 3.43. The largest absolute Gasteiger partial charge is 0.497 e. The zero-order valence-electron chi connectivity index (χ0n) is 13.4. The highest BCUT2D eigenvalue weighted by atomic mass is 16.5. The van der Waals surface area contributed by atoms with Crippen LogP contribution in [0.15, 0.2) is 36.4 Å². The second-order valence-corrected chi connectivity index (χ2v) is 5.43. The van der Waals surface area contributed by atoms with Crippen molar-refractivity contribution in [1.29, 1.82) is 5.26 Å². The van der Waals surface area contributed by atoms with Crippen molar-refractivity contribution >= 4 is 10.9 Å². The lowest BCUT2D eigenvalue weighted by molar-refractivity contribution is 0.415. The molecule has 0 aliphatic rings. The van der Waals surface area contributed by atoms with Crippen LogP contribution in [0, 0.1) is 18.3 Å². The van der Waals surface area contributed by atoms with Crippen molar-refractivity contribution in [1.82, 2.24) is 4.98 Å². The molecule has 1 N–H and O–H groups in total. The number of aromatic nitrogens is 1. The fourth-order valence-electron chi connectivity index (χ4n) is 2.86. The first kappa shape index (κ1) is 15.0. The summed E-state index contributed by atoms with van der Waals surface area (Å²) in [6, 6.07) is 14.1. The van der Waals surface area contributed by atoms with Crippen LogP contribution in [0.1, 0.15) is 11.1 Å². The average molecular weight is 306 g/mol. The summed E-state index contributed by atoms with van der Waals surface area (Å²) in [7, 11) is 3.30. The Morgan fingerprint density at radius 2 is 1.91 bits per heavy atom. The molecule has 0 amide bonds. The van der Waals surface area contributed by atoms with Crippen LogP contribution in [0.3, 0.4) is 0 Å². The highest BCUT2D eigenvalue weighted by Crippen LogP contribution is 2.37. The summed E-state index contributed by atoms with van der Waals surface area (Å²) in [5.41, 5.74) is 4.98. The van der Waals surface area contributed by atoms with Gasteiger partial charge >= 0.3 is 0 Å². The Bertz CT molecular complexity index is 904. The van der Waals surface area contributed by atoms with E-state index in [0.29, 0.717) is 6.42 Å². The second-order valence-electron chi connectivity index (χ2n) is 5.43. The number of fused-ring (bicyclic) bond motifs is 1. The van der Waals surface area contributed by atoms with Crippen LogP contribution in [0.25, 0.3) is 22.2 Å². The molecule has 0 aliphatic carbocycles. The zero-order valence-corrected chi connectivity index (χ0v) is 13.4. The highest BCUT2D eigenvalue weighted by Gasteiger charge is 2.17. The predicted octanol–water partition coefficient (Wildman–Crippen LogP) is 4.23. The number of rotatable bonds is 4. The van der Waals surface area contributed by atoms with E-state index in [0.717, 1.165) is 44.8 Å². The molecule has 23 heavy (non-hydrogen) atoms. The predicted molar refractivity (Wildman–Crippen MR) is 90.9 cm³/mol. The number of ether oxygens (including phenoxy) is 2. The van der Waals surface area contributed by atoms with E-state index < -0.39 is 0 Å². The van der Waals surface area contributed by atoms with Gasteiger partial charge in [-0.1, -0.05) is 11.6 Å². The SMILES string of the molecule is COc1ccc2[nH]c(-c3cc(C)ccc3OC)c(CC#N)c2c1. The van der Waals surface area contributed by atoms with Gasteiger partial charge in [0.1, 0.15) is 11.5 Å². The van der Waals surface area contributed by atoms with Crippen molar-refractivity contribution < 1.29 is 9.47 Å². The van der Waals surface area contributed by atoms with Gasteiger partial charge < -0.3 is 14.5 Å². The third-order valence-electron chi connectivity index (χ3n) is 3.99. The van der Waals surface area contributed by atoms with Crippen molar-refractivity contribution in [2.75, 3.05) is 14.2 Å². The summed E-state index contributed by atoms with van der Waals surface area (Å²) >= 11 is 0. The minimum atomic E-state index is 0.319. The van der Waals surface area contributed by atoms with E-state index in [2.05, 4.69) is 17.1 Å². The third-order valence-corrected chi connectivity index (χ3v) is 3.99. The molecule has 3 rings (SSSR count). The quantitative estimate of drug-likeness (QED) is 0.785. The lowest BCUT2D eigenvalue weighted by Gasteiger charge is -2.09. The van der Waals surface area contributed by atoms with E-state index in [-0.39, 0.29) is 0 Å². The Kier molecular flexibility index (Phi) is 3.94. The molecule has 0 bridgehead atoms. The first-order valence-corrected chi connectivity index (χ1v) is 7.38. The molecule has 0 atom stereocenters. The topological polar surface area (TPSA) is 58.0 Å². The minimum Gasteiger partial charge on any atom is -0.497 e. The van der Waals surface area contributed by atoms with Crippen molar-refractivity contribution in [3.63, 3.8) is 0 Å². The molecule has 1 aromatic heterocycles. The van der Waals surface area contributed by atoms with E-state index in [1.54, 1.807) is 14.2 Å². The molecule has 0 unspecified atom stereocenters. The van der Waals surface area contributed by atoms with Gasteiger partial charge in [-0.05, 0) is 42.8 Å². The molecular weight excluding hydrogens is 288 g/mol. The number of benzene rings is 2. The van der Waals surface area contributed by atoms with Gasteiger partial charge in [0.25, 0.3) is 0 Å². The van der Waals surface area contributed by atoms with Crippen LogP contribution in [0.5, 0.6) is 11.5 Å². The molecule has 0 saturated heterocycles. The molecule has 1 heterocycles. The summed E-state index contributed by atoms with van der Waals surface area (Å²) in [6.07, 6.45) is 0.319. The maximum atomic E-state index is 9.25. The summed E-state index contributed by atoms with van der Waals surface area (Å²) < 4.78 is 10.8. The first-order valence-electron chi connectivity index (χ1n) is 7.38. The second kappa shape index (κ2) is 6.05. The van der Waals surface area contributed by atoms with Gasteiger partial charge in [-0.2, -0.15) is 5.26 Å².